The summed E-state index contributed by atoms with van der Waals surface area (Å²) in [4.78, 5) is 36.3. The van der Waals surface area contributed by atoms with Crippen molar-refractivity contribution in [2.75, 3.05) is 6.61 Å². The molecule has 0 aromatic heterocycles. The van der Waals surface area contributed by atoms with E-state index >= 15 is 0 Å². The van der Waals surface area contributed by atoms with Crippen molar-refractivity contribution in [3.63, 3.8) is 0 Å². The number of unbranched alkanes of at least 4 members (excludes halogenated alkanes) is 1. The Morgan fingerprint density at radius 2 is 1.64 bits per heavy atom. The molecule has 1 unspecified atom stereocenters. The Morgan fingerprint density at radius 3 is 2.21 bits per heavy atom. The van der Waals surface area contributed by atoms with Crippen LogP contribution in [0.1, 0.15) is 56.1 Å². The van der Waals surface area contributed by atoms with Gasteiger partial charge in [-0.15, -0.1) is 0 Å². The van der Waals surface area contributed by atoms with Gasteiger partial charge in [0.2, 0.25) is 5.91 Å². The highest BCUT2D eigenvalue weighted by Gasteiger charge is 2.36. The van der Waals surface area contributed by atoms with Gasteiger partial charge in [0.1, 0.15) is 12.6 Å². The molecule has 0 aliphatic heterocycles. The van der Waals surface area contributed by atoms with Crippen LogP contribution in [-0.4, -0.2) is 41.8 Å². The molecule has 2 aliphatic rings. The van der Waals surface area contributed by atoms with E-state index in [4.69, 9.17) is 9.84 Å². The molecular weight excluding hydrogens is 420 g/mol. The number of carbonyl (C=O) groups is 3. The largest absolute Gasteiger partial charge is 0.481 e. The van der Waals surface area contributed by atoms with Crippen LogP contribution in [0.25, 0.3) is 11.1 Å². The van der Waals surface area contributed by atoms with Crippen molar-refractivity contribution in [2.24, 2.45) is 5.92 Å². The van der Waals surface area contributed by atoms with Crippen LogP contribution in [-0.2, 0) is 14.3 Å². The minimum Gasteiger partial charge on any atom is -0.481 e. The maximum absolute atomic E-state index is 12.7. The van der Waals surface area contributed by atoms with Gasteiger partial charge in [-0.05, 0) is 41.5 Å². The van der Waals surface area contributed by atoms with Crippen molar-refractivity contribution in [2.45, 2.75) is 57.0 Å². The lowest BCUT2D eigenvalue weighted by molar-refractivity contribution is -0.146. The third-order valence-corrected chi connectivity index (χ3v) is 6.63. The number of carbonyl (C=O) groups excluding carboxylic acids is 2. The van der Waals surface area contributed by atoms with Crippen LogP contribution in [0.4, 0.5) is 4.79 Å². The Labute approximate surface area is 193 Å². The Balaban J connectivity index is 1.35. The normalized spacial score (nSPS) is 19.5. The van der Waals surface area contributed by atoms with Gasteiger partial charge in [-0.1, -0.05) is 68.3 Å². The summed E-state index contributed by atoms with van der Waals surface area (Å²) in [7, 11) is 0. The Morgan fingerprint density at radius 1 is 1.03 bits per heavy atom. The number of carboxylic acids is 1. The first-order valence-corrected chi connectivity index (χ1v) is 11.6. The van der Waals surface area contributed by atoms with E-state index in [9.17, 15) is 14.4 Å². The van der Waals surface area contributed by atoms with Gasteiger partial charge in [-0.3, -0.25) is 9.59 Å². The molecule has 0 bridgehead atoms. The van der Waals surface area contributed by atoms with Crippen molar-refractivity contribution in [3.05, 3.63) is 59.7 Å². The number of rotatable bonds is 9. The fraction of sp³-hybridized carbons (Fsp3) is 0.423. The molecule has 174 valence electrons. The number of fused-ring (bicyclic) bond motifs is 3. The number of carboxylic acid groups (broad SMARTS) is 1. The molecule has 4 rings (SSSR count). The third-order valence-electron chi connectivity index (χ3n) is 6.63. The number of ether oxygens (including phenoxy) is 1. The molecule has 7 heteroatoms. The monoisotopic (exact) mass is 450 g/mol. The highest BCUT2D eigenvalue weighted by Crippen LogP contribution is 2.44. The number of nitrogens with one attached hydrogen (secondary N) is 2. The number of benzene rings is 2. The number of amides is 2. The fourth-order valence-corrected chi connectivity index (χ4v) is 4.70. The van der Waals surface area contributed by atoms with Crippen LogP contribution in [0, 0.1) is 5.92 Å². The summed E-state index contributed by atoms with van der Waals surface area (Å²) in [6, 6.07) is 15.4. The van der Waals surface area contributed by atoms with Crippen LogP contribution >= 0.6 is 0 Å². The number of alkyl carbamates (subject to hydrolysis) is 1. The Kier molecular flexibility index (Phi) is 6.96. The molecule has 7 nitrogen and oxygen atoms in total. The average molecular weight is 451 g/mol. The minimum absolute atomic E-state index is 0.0472. The summed E-state index contributed by atoms with van der Waals surface area (Å²) in [6.45, 7) is 2.20. The zero-order chi connectivity index (χ0) is 23.4. The summed E-state index contributed by atoms with van der Waals surface area (Å²) in [5, 5.41) is 14.6. The van der Waals surface area contributed by atoms with Gasteiger partial charge in [0.25, 0.3) is 0 Å². The summed E-state index contributed by atoms with van der Waals surface area (Å²) in [6.07, 6.45) is 2.40. The summed E-state index contributed by atoms with van der Waals surface area (Å²) >= 11 is 0. The molecule has 33 heavy (non-hydrogen) atoms. The van der Waals surface area contributed by atoms with E-state index in [1.54, 1.807) is 0 Å². The Hall–Kier alpha value is -3.35. The average Bonchev–Trinajstić information content (AvgIpc) is 3.10. The summed E-state index contributed by atoms with van der Waals surface area (Å²) < 4.78 is 5.59. The first kappa shape index (κ1) is 22.8. The third kappa shape index (κ3) is 5.02. The molecule has 0 saturated heterocycles. The Bertz CT molecular complexity index is 985. The molecule has 2 aromatic rings. The predicted molar refractivity (Wildman–Crippen MR) is 124 cm³/mol. The topological polar surface area (TPSA) is 105 Å². The standard InChI is InChI=1S/C26H30N2O5/c1-2-3-12-23(24(29)27-17-13-16(14-17)25(30)31)28-26(32)33-15-22-20-10-6-4-8-18(20)19-9-5-7-11-21(19)22/h4-11,16-17,22-23H,2-3,12-15H2,1H3,(H,27,29)(H,28,32)(H,30,31). The maximum atomic E-state index is 12.7. The van der Waals surface area contributed by atoms with Crippen LogP contribution < -0.4 is 10.6 Å². The zero-order valence-electron chi connectivity index (χ0n) is 18.8. The first-order valence-electron chi connectivity index (χ1n) is 11.6. The zero-order valence-corrected chi connectivity index (χ0v) is 18.8. The van der Waals surface area contributed by atoms with E-state index in [-0.39, 0.29) is 24.5 Å². The maximum Gasteiger partial charge on any atom is 0.407 e. The second-order valence-corrected chi connectivity index (χ2v) is 8.88. The summed E-state index contributed by atoms with van der Waals surface area (Å²) in [5.41, 5.74) is 4.57. The highest BCUT2D eigenvalue weighted by atomic mass is 16.5. The van der Waals surface area contributed by atoms with Gasteiger partial charge in [-0.25, -0.2) is 4.79 Å². The van der Waals surface area contributed by atoms with Crippen molar-refractivity contribution >= 4 is 18.0 Å². The molecular formula is C26H30N2O5. The summed E-state index contributed by atoms with van der Waals surface area (Å²) in [5.74, 6) is -1.57. The van der Waals surface area contributed by atoms with E-state index in [1.807, 2.05) is 31.2 Å². The van der Waals surface area contributed by atoms with Crippen LogP contribution in [0.15, 0.2) is 48.5 Å². The van der Waals surface area contributed by atoms with Crippen LogP contribution in [0.5, 0.6) is 0 Å². The SMILES string of the molecule is CCCCC(NC(=O)OCC1c2ccccc2-c2ccccc21)C(=O)NC1CC(C(=O)O)C1. The van der Waals surface area contributed by atoms with Crippen LogP contribution in [0.3, 0.4) is 0 Å². The van der Waals surface area contributed by atoms with Gasteiger partial charge in [0.15, 0.2) is 0 Å². The second kappa shape index (κ2) is 10.1. The van der Waals surface area contributed by atoms with Gasteiger partial charge in [0, 0.05) is 12.0 Å². The van der Waals surface area contributed by atoms with Crippen molar-refractivity contribution < 1.29 is 24.2 Å². The molecule has 1 atom stereocenters. The molecule has 2 aromatic carbocycles. The van der Waals surface area contributed by atoms with E-state index < -0.39 is 24.0 Å². The van der Waals surface area contributed by atoms with Gasteiger partial charge >= 0.3 is 12.1 Å². The highest BCUT2D eigenvalue weighted by molar-refractivity contribution is 5.86. The number of aliphatic carboxylic acids is 1. The van der Waals surface area contributed by atoms with Gasteiger partial charge in [-0.2, -0.15) is 0 Å². The minimum atomic E-state index is -0.834. The van der Waals surface area contributed by atoms with Crippen LogP contribution in [0.2, 0.25) is 0 Å². The van der Waals surface area contributed by atoms with E-state index in [1.165, 1.54) is 0 Å². The van der Waals surface area contributed by atoms with Crippen molar-refractivity contribution in [3.8, 4) is 11.1 Å². The first-order chi connectivity index (χ1) is 16.0. The molecule has 0 radical (unpaired) electrons. The fourth-order valence-electron chi connectivity index (χ4n) is 4.70. The molecule has 2 amide bonds. The quantitative estimate of drug-likeness (QED) is 0.534. The predicted octanol–water partition coefficient (Wildman–Crippen LogP) is 4.06. The number of hydrogen-bond donors (Lipinski definition) is 3. The van der Waals surface area contributed by atoms with Crippen molar-refractivity contribution in [1.29, 1.82) is 0 Å². The molecule has 1 fully saturated rings. The lowest BCUT2D eigenvalue weighted by Gasteiger charge is -2.34. The molecule has 0 heterocycles. The lowest BCUT2D eigenvalue weighted by Crippen LogP contribution is -2.53. The molecule has 2 aliphatic carbocycles. The second-order valence-electron chi connectivity index (χ2n) is 8.88. The van der Waals surface area contributed by atoms with E-state index in [0.717, 1.165) is 35.1 Å². The lowest BCUT2D eigenvalue weighted by atomic mass is 9.80. The molecule has 3 N–H and O–H groups in total. The van der Waals surface area contributed by atoms with E-state index in [2.05, 4.69) is 34.9 Å². The van der Waals surface area contributed by atoms with Gasteiger partial charge in [0.05, 0.1) is 5.92 Å². The smallest absolute Gasteiger partial charge is 0.407 e. The van der Waals surface area contributed by atoms with E-state index in [0.29, 0.717) is 19.3 Å². The van der Waals surface area contributed by atoms with Gasteiger partial charge < -0.3 is 20.5 Å². The molecule has 0 spiro atoms. The number of hydrogen-bond acceptors (Lipinski definition) is 4. The molecule has 1 saturated carbocycles. The van der Waals surface area contributed by atoms with Crippen molar-refractivity contribution in [1.82, 2.24) is 10.6 Å².